The maximum Gasteiger partial charge on any atom is 0.337 e. The van der Waals surface area contributed by atoms with Crippen molar-refractivity contribution in [3.8, 4) is 0 Å². The average Bonchev–Trinajstić information content (AvgIpc) is 2.61. The number of methoxy groups -OCH3 is 1. The Morgan fingerprint density at radius 3 is 2.68 bits per heavy atom. The fourth-order valence-corrected chi connectivity index (χ4v) is 2.12. The third-order valence-electron chi connectivity index (χ3n) is 3.15. The Bertz CT molecular complexity index is 864. The lowest BCUT2D eigenvalue weighted by molar-refractivity contribution is -0.384. The molecule has 1 N–H and O–H groups in total. The van der Waals surface area contributed by atoms with E-state index < -0.39 is 16.8 Å². The Labute approximate surface area is 148 Å². The quantitative estimate of drug-likeness (QED) is 0.379. The van der Waals surface area contributed by atoms with Gasteiger partial charge in [-0.2, -0.15) is 0 Å². The van der Waals surface area contributed by atoms with E-state index >= 15 is 0 Å². The average molecular weight is 361 g/mol. The molecule has 0 bridgehead atoms. The van der Waals surface area contributed by atoms with Crippen molar-refractivity contribution in [2.24, 2.45) is 0 Å². The number of carbonyl (C=O) groups excluding carboxylic acids is 2. The molecule has 0 saturated heterocycles. The van der Waals surface area contributed by atoms with Crippen molar-refractivity contribution in [2.45, 2.75) is 0 Å². The maximum atomic E-state index is 12.0. The lowest BCUT2D eigenvalue weighted by atomic mass is 10.2. The monoisotopic (exact) mass is 360 g/mol. The van der Waals surface area contributed by atoms with Crippen molar-refractivity contribution in [1.29, 1.82) is 0 Å². The zero-order chi connectivity index (χ0) is 18.4. The smallest absolute Gasteiger partial charge is 0.337 e. The van der Waals surface area contributed by atoms with Gasteiger partial charge in [0.2, 0.25) is 5.91 Å². The van der Waals surface area contributed by atoms with Gasteiger partial charge >= 0.3 is 5.97 Å². The van der Waals surface area contributed by atoms with E-state index in [-0.39, 0.29) is 22.0 Å². The van der Waals surface area contributed by atoms with Crippen LogP contribution in [0.25, 0.3) is 6.08 Å². The van der Waals surface area contributed by atoms with Crippen molar-refractivity contribution in [3.63, 3.8) is 0 Å². The molecule has 0 radical (unpaired) electrons. The normalized spacial score (nSPS) is 10.5. The molecule has 0 aromatic heterocycles. The first-order valence-electron chi connectivity index (χ1n) is 7.02. The minimum Gasteiger partial charge on any atom is -0.465 e. The van der Waals surface area contributed by atoms with Crippen LogP contribution in [0.5, 0.6) is 0 Å². The molecule has 2 aromatic carbocycles. The molecule has 0 saturated carbocycles. The summed E-state index contributed by atoms with van der Waals surface area (Å²) in [5, 5.41) is 13.5. The lowest BCUT2D eigenvalue weighted by Gasteiger charge is -2.07. The van der Waals surface area contributed by atoms with Gasteiger partial charge in [0.15, 0.2) is 0 Å². The minimum absolute atomic E-state index is 0.0728. The number of nitrogens with zero attached hydrogens (tertiary/aromatic N) is 1. The molecule has 0 spiro atoms. The number of non-ortho nitro benzene ring substituents is 1. The second kappa shape index (κ2) is 8.07. The molecule has 0 unspecified atom stereocenters. The summed E-state index contributed by atoms with van der Waals surface area (Å²) < 4.78 is 4.61. The number of carbonyl (C=O) groups is 2. The van der Waals surface area contributed by atoms with Gasteiger partial charge in [-0.25, -0.2) is 4.79 Å². The molecule has 2 aromatic rings. The number of anilines is 1. The molecule has 25 heavy (non-hydrogen) atoms. The Hall–Kier alpha value is -3.19. The number of halogens is 1. The molecule has 2 rings (SSSR count). The number of hydrogen-bond donors (Lipinski definition) is 1. The summed E-state index contributed by atoms with van der Waals surface area (Å²) in [5.41, 5.74) is 0.915. The number of hydrogen-bond acceptors (Lipinski definition) is 5. The number of nitro benzene ring substituents is 1. The summed E-state index contributed by atoms with van der Waals surface area (Å²) >= 11 is 6.00. The molecule has 0 atom stereocenters. The van der Waals surface area contributed by atoms with Gasteiger partial charge in [-0.3, -0.25) is 14.9 Å². The van der Waals surface area contributed by atoms with E-state index in [1.54, 1.807) is 6.07 Å². The van der Waals surface area contributed by atoms with Gasteiger partial charge in [0.1, 0.15) is 0 Å². The third-order valence-corrected chi connectivity index (χ3v) is 3.48. The molecular weight excluding hydrogens is 348 g/mol. The third kappa shape index (κ3) is 4.89. The fourth-order valence-electron chi connectivity index (χ4n) is 1.95. The number of ether oxygens (including phenoxy) is 1. The van der Waals surface area contributed by atoms with Crippen LogP contribution in [0, 0.1) is 10.1 Å². The number of esters is 1. The van der Waals surface area contributed by atoms with Crippen LogP contribution >= 0.6 is 11.6 Å². The van der Waals surface area contributed by atoms with Crippen molar-refractivity contribution < 1.29 is 19.2 Å². The second-order valence-corrected chi connectivity index (χ2v) is 5.27. The molecule has 0 aliphatic rings. The zero-order valence-corrected chi connectivity index (χ0v) is 13.8. The van der Waals surface area contributed by atoms with Crippen molar-refractivity contribution in [3.05, 3.63) is 74.8 Å². The van der Waals surface area contributed by atoms with Crippen LogP contribution in [0.15, 0.2) is 48.5 Å². The highest BCUT2D eigenvalue weighted by Gasteiger charge is 2.10. The summed E-state index contributed by atoms with van der Waals surface area (Å²) in [6.45, 7) is 0. The number of amides is 1. The molecule has 0 aliphatic carbocycles. The van der Waals surface area contributed by atoms with Gasteiger partial charge < -0.3 is 10.1 Å². The molecule has 0 aliphatic heterocycles. The summed E-state index contributed by atoms with van der Waals surface area (Å²) in [7, 11) is 1.25. The summed E-state index contributed by atoms with van der Waals surface area (Å²) in [6.07, 6.45) is 2.64. The number of rotatable bonds is 5. The van der Waals surface area contributed by atoms with Gasteiger partial charge in [-0.15, -0.1) is 0 Å². The van der Waals surface area contributed by atoms with Crippen molar-refractivity contribution >= 4 is 40.9 Å². The van der Waals surface area contributed by atoms with Crippen LogP contribution in [0.2, 0.25) is 5.02 Å². The van der Waals surface area contributed by atoms with Crippen LogP contribution in [0.4, 0.5) is 11.4 Å². The molecule has 8 heteroatoms. The van der Waals surface area contributed by atoms with Crippen LogP contribution in [-0.4, -0.2) is 23.9 Å². The summed E-state index contributed by atoms with van der Waals surface area (Å²) in [4.78, 5) is 33.7. The largest absolute Gasteiger partial charge is 0.465 e. The Morgan fingerprint density at radius 2 is 2.00 bits per heavy atom. The standard InChI is InChI=1S/C17H13ClN2O5/c1-25-17(22)12-6-7-14(18)15(10-12)19-16(21)8-5-11-3-2-4-13(9-11)20(23)24/h2-10H,1H3,(H,19,21)/b8-5+. The molecular formula is C17H13ClN2O5. The second-order valence-electron chi connectivity index (χ2n) is 4.86. The number of benzene rings is 2. The maximum absolute atomic E-state index is 12.0. The summed E-state index contributed by atoms with van der Waals surface area (Å²) in [6, 6.07) is 10.2. The van der Waals surface area contributed by atoms with Crippen LogP contribution < -0.4 is 5.32 Å². The van der Waals surface area contributed by atoms with Crippen molar-refractivity contribution in [1.82, 2.24) is 0 Å². The predicted octanol–water partition coefficient (Wildman–Crippen LogP) is 3.69. The lowest BCUT2D eigenvalue weighted by Crippen LogP contribution is -2.09. The first-order chi connectivity index (χ1) is 11.9. The van der Waals surface area contributed by atoms with E-state index in [2.05, 4.69) is 10.1 Å². The number of nitro groups is 1. The van der Waals surface area contributed by atoms with E-state index in [1.165, 1.54) is 55.7 Å². The SMILES string of the molecule is COC(=O)c1ccc(Cl)c(NC(=O)/C=C/c2cccc([N+](=O)[O-])c2)c1. The van der Waals surface area contributed by atoms with Gasteiger partial charge in [0.25, 0.3) is 5.69 Å². The van der Waals surface area contributed by atoms with Crippen LogP contribution in [0.3, 0.4) is 0 Å². The zero-order valence-electron chi connectivity index (χ0n) is 13.1. The van der Waals surface area contributed by atoms with E-state index in [4.69, 9.17) is 11.6 Å². The van der Waals surface area contributed by atoms with Gasteiger partial charge in [-0.05, 0) is 29.8 Å². The van der Waals surface area contributed by atoms with Gasteiger partial charge in [0.05, 0.1) is 28.3 Å². The summed E-state index contributed by atoms with van der Waals surface area (Å²) in [5.74, 6) is -1.06. The van der Waals surface area contributed by atoms with Crippen molar-refractivity contribution in [2.75, 3.05) is 12.4 Å². The first-order valence-corrected chi connectivity index (χ1v) is 7.40. The first kappa shape index (κ1) is 18.2. The van der Waals surface area contributed by atoms with E-state index in [9.17, 15) is 19.7 Å². The topological polar surface area (TPSA) is 98.5 Å². The Balaban J connectivity index is 2.13. The highest BCUT2D eigenvalue weighted by atomic mass is 35.5. The van der Waals surface area contributed by atoms with E-state index in [0.717, 1.165) is 0 Å². The molecule has 1 amide bonds. The molecule has 0 fully saturated rings. The van der Waals surface area contributed by atoms with E-state index in [1.807, 2.05) is 0 Å². The fraction of sp³-hybridized carbons (Fsp3) is 0.0588. The van der Waals surface area contributed by atoms with Crippen LogP contribution in [-0.2, 0) is 9.53 Å². The predicted molar refractivity (Wildman–Crippen MR) is 93.6 cm³/mol. The van der Waals surface area contributed by atoms with Gasteiger partial charge in [-0.1, -0.05) is 23.7 Å². The van der Waals surface area contributed by atoms with Gasteiger partial charge in [0, 0.05) is 18.2 Å². The van der Waals surface area contributed by atoms with E-state index in [0.29, 0.717) is 5.56 Å². The highest BCUT2D eigenvalue weighted by Crippen LogP contribution is 2.23. The molecule has 7 nitrogen and oxygen atoms in total. The molecule has 0 heterocycles. The number of nitrogens with one attached hydrogen (secondary N) is 1. The molecule has 128 valence electrons. The Kier molecular flexibility index (Phi) is 5.86. The minimum atomic E-state index is -0.556. The Morgan fingerprint density at radius 1 is 1.24 bits per heavy atom. The van der Waals surface area contributed by atoms with Crippen LogP contribution in [0.1, 0.15) is 15.9 Å². The highest BCUT2D eigenvalue weighted by molar-refractivity contribution is 6.34.